The second-order valence-corrected chi connectivity index (χ2v) is 6.77. The summed E-state index contributed by atoms with van der Waals surface area (Å²) in [5.74, 6) is 0.453. The van der Waals surface area contributed by atoms with E-state index in [2.05, 4.69) is 9.97 Å². The third-order valence-electron chi connectivity index (χ3n) is 4.74. The molecule has 0 aliphatic carbocycles. The number of carbonyl (C=O) groups excluding carboxylic acids is 2. The van der Waals surface area contributed by atoms with Crippen molar-refractivity contribution in [3.05, 3.63) is 96.1 Å². The van der Waals surface area contributed by atoms with E-state index < -0.39 is 0 Å². The van der Waals surface area contributed by atoms with Crippen molar-refractivity contribution in [3.8, 4) is 0 Å². The summed E-state index contributed by atoms with van der Waals surface area (Å²) in [4.78, 5) is 35.8. The number of para-hydroxylation sites is 2. The lowest BCUT2D eigenvalue weighted by atomic mass is 10.1. The molecule has 0 saturated heterocycles. The van der Waals surface area contributed by atoms with E-state index in [0.717, 1.165) is 11.0 Å². The number of aromatic nitrogens is 3. The third-order valence-corrected chi connectivity index (χ3v) is 4.74. The maximum Gasteiger partial charge on any atom is 0.272 e. The van der Waals surface area contributed by atoms with Crippen molar-refractivity contribution < 1.29 is 9.59 Å². The molecule has 4 rings (SSSR count). The van der Waals surface area contributed by atoms with Gasteiger partial charge in [0.2, 0.25) is 0 Å². The van der Waals surface area contributed by atoms with Crippen LogP contribution in [0.15, 0.2) is 79.0 Å². The van der Waals surface area contributed by atoms with Gasteiger partial charge in [-0.05, 0) is 24.3 Å². The molecule has 29 heavy (non-hydrogen) atoms. The number of imidazole rings is 1. The molecule has 0 saturated carbocycles. The number of rotatable bonds is 6. The van der Waals surface area contributed by atoms with Gasteiger partial charge in [0.05, 0.1) is 24.1 Å². The molecule has 6 heteroatoms. The molecule has 0 fully saturated rings. The molecule has 0 atom stereocenters. The monoisotopic (exact) mass is 384 g/mol. The number of pyridine rings is 1. The first kappa shape index (κ1) is 18.6. The molecule has 0 N–H and O–H groups in total. The highest BCUT2D eigenvalue weighted by Crippen LogP contribution is 2.19. The van der Waals surface area contributed by atoms with Gasteiger partial charge >= 0.3 is 0 Å². The molecular weight excluding hydrogens is 364 g/mol. The van der Waals surface area contributed by atoms with Gasteiger partial charge in [-0.2, -0.15) is 0 Å². The molecule has 0 radical (unpaired) electrons. The SMILES string of the molecule is CN(Cc1nc2ccccc2n1CC(=O)c1ccccc1)C(=O)c1ccccn1. The van der Waals surface area contributed by atoms with Crippen molar-refractivity contribution in [1.29, 1.82) is 0 Å². The second-order valence-electron chi connectivity index (χ2n) is 6.77. The third kappa shape index (κ3) is 3.91. The summed E-state index contributed by atoms with van der Waals surface area (Å²) in [6.45, 7) is 0.428. The Morgan fingerprint density at radius 2 is 1.66 bits per heavy atom. The van der Waals surface area contributed by atoms with Gasteiger partial charge in [0, 0.05) is 18.8 Å². The maximum absolute atomic E-state index is 12.8. The van der Waals surface area contributed by atoms with Gasteiger partial charge in [0.1, 0.15) is 11.5 Å². The van der Waals surface area contributed by atoms with E-state index in [9.17, 15) is 9.59 Å². The molecule has 0 spiro atoms. The number of hydrogen-bond donors (Lipinski definition) is 0. The molecule has 2 heterocycles. The van der Waals surface area contributed by atoms with E-state index in [1.165, 1.54) is 0 Å². The van der Waals surface area contributed by atoms with Crippen molar-refractivity contribution in [2.45, 2.75) is 13.1 Å². The predicted molar refractivity (Wildman–Crippen MR) is 111 cm³/mol. The molecule has 0 unspecified atom stereocenters. The molecule has 0 aliphatic heterocycles. The van der Waals surface area contributed by atoms with Crippen LogP contribution in [0.1, 0.15) is 26.7 Å². The van der Waals surface area contributed by atoms with Gasteiger partial charge in [-0.25, -0.2) is 4.98 Å². The van der Waals surface area contributed by atoms with Gasteiger partial charge in [-0.3, -0.25) is 14.6 Å². The van der Waals surface area contributed by atoms with Crippen LogP contribution in [0.3, 0.4) is 0 Å². The molecule has 2 aromatic carbocycles. The van der Waals surface area contributed by atoms with Crippen LogP contribution >= 0.6 is 0 Å². The smallest absolute Gasteiger partial charge is 0.272 e. The Morgan fingerprint density at radius 3 is 2.41 bits per heavy atom. The first-order chi connectivity index (χ1) is 14.1. The zero-order chi connectivity index (χ0) is 20.2. The summed E-state index contributed by atoms with van der Waals surface area (Å²) in [5, 5.41) is 0. The number of carbonyl (C=O) groups is 2. The van der Waals surface area contributed by atoms with Crippen molar-refractivity contribution in [2.24, 2.45) is 0 Å². The Bertz CT molecular complexity index is 1150. The van der Waals surface area contributed by atoms with Gasteiger partial charge in [0.15, 0.2) is 5.78 Å². The zero-order valence-corrected chi connectivity index (χ0v) is 16.0. The number of Topliss-reactive ketones (excluding diaryl/α,β-unsaturated/α-hetero) is 1. The number of nitrogens with zero attached hydrogens (tertiary/aromatic N) is 4. The molecule has 1 amide bonds. The first-order valence-corrected chi connectivity index (χ1v) is 9.32. The lowest BCUT2D eigenvalue weighted by Gasteiger charge is -2.17. The van der Waals surface area contributed by atoms with Gasteiger partial charge < -0.3 is 9.47 Å². The highest BCUT2D eigenvalue weighted by atomic mass is 16.2. The molecule has 0 bridgehead atoms. The summed E-state index contributed by atoms with van der Waals surface area (Å²) in [7, 11) is 1.71. The standard InChI is InChI=1S/C23H20N4O2/c1-26(23(29)19-12-7-8-14-24-19)16-22-25-18-11-5-6-13-20(18)27(22)15-21(28)17-9-3-2-4-10-17/h2-14H,15-16H2,1H3. The van der Waals surface area contributed by atoms with Gasteiger partial charge in [-0.15, -0.1) is 0 Å². The molecule has 6 nitrogen and oxygen atoms in total. The zero-order valence-electron chi connectivity index (χ0n) is 16.0. The van der Waals surface area contributed by atoms with Gasteiger partial charge in [-0.1, -0.05) is 48.5 Å². The van der Waals surface area contributed by atoms with E-state index >= 15 is 0 Å². The number of benzene rings is 2. The van der Waals surface area contributed by atoms with E-state index in [4.69, 9.17) is 0 Å². The van der Waals surface area contributed by atoms with E-state index in [1.807, 2.05) is 47.0 Å². The number of ketones is 1. The van der Waals surface area contributed by atoms with Crippen LogP contribution in [0.25, 0.3) is 11.0 Å². The average Bonchev–Trinajstić information content (AvgIpc) is 3.11. The van der Waals surface area contributed by atoms with E-state index in [1.54, 1.807) is 48.5 Å². The number of fused-ring (bicyclic) bond motifs is 1. The Hall–Kier alpha value is -3.80. The number of hydrogen-bond acceptors (Lipinski definition) is 4. The summed E-state index contributed by atoms with van der Waals surface area (Å²) in [5.41, 5.74) is 2.68. The van der Waals surface area contributed by atoms with Crippen molar-refractivity contribution in [2.75, 3.05) is 7.05 Å². The first-order valence-electron chi connectivity index (χ1n) is 9.32. The van der Waals surface area contributed by atoms with E-state index in [0.29, 0.717) is 17.1 Å². The largest absolute Gasteiger partial charge is 0.333 e. The summed E-state index contributed by atoms with van der Waals surface area (Å²) < 4.78 is 1.88. The molecule has 4 aromatic rings. The molecule has 144 valence electrons. The van der Waals surface area contributed by atoms with Crippen LogP contribution < -0.4 is 0 Å². The lowest BCUT2D eigenvalue weighted by Crippen LogP contribution is -2.29. The highest BCUT2D eigenvalue weighted by molar-refractivity contribution is 5.96. The number of amides is 1. The Kier molecular flexibility index (Phi) is 5.16. The molecule has 0 aliphatic rings. The summed E-state index contributed by atoms with van der Waals surface area (Å²) >= 11 is 0. The van der Waals surface area contributed by atoms with Crippen molar-refractivity contribution in [1.82, 2.24) is 19.4 Å². The van der Waals surface area contributed by atoms with Crippen LogP contribution in [0.5, 0.6) is 0 Å². The Morgan fingerprint density at radius 1 is 0.931 bits per heavy atom. The molecular formula is C23H20N4O2. The van der Waals surface area contributed by atoms with Crippen molar-refractivity contribution in [3.63, 3.8) is 0 Å². The lowest BCUT2D eigenvalue weighted by molar-refractivity contribution is 0.0774. The van der Waals surface area contributed by atoms with Crippen LogP contribution in [-0.2, 0) is 13.1 Å². The fourth-order valence-electron chi connectivity index (χ4n) is 3.25. The van der Waals surface area contributed by atoms with E-state index in [-0.39, 0.29) is 24.8 Å². The summed E-state index contributed by atoms with van der Waals surface area (Å²) in [6, 6.07) is 22.1. The fraction of sp³-hybridized carbons (Fsp3) is 0.130. The van der Waals surface area contributed by atoms with Crippen LogP contribution in [0.2, 0.25) is 0 Å². The van der Waals surface area contributed by atoms with Crippen LogP contribution in [0, 0.1) is 0 Å². The van der Waals surface area contributed by atoms with Crippen LogP contribution in [-0.4, -0.2) is 38.2 Å². The normalized spacial score (nSPS) is 10.8. The quantitative estimate of drug-likeness (QED) is 0.477. The van der Waals surface area contributed by atoms with Gasteiger partial charge in [0.25, 0.3) is 5.91 Å². The second kappa shape index (κ2) is 8.06. The summed E-state index contributed by atoms with van der Waals surface area (Å²) in [6.07, 6.45) is 1.59. The minimum atomic E-state index is -0.196. The minimum Gasteiger partial charge on any atom is -0.333 e. The Balaban J connectivity index is 1.64. The Labute approximate surface area is 168 Å². The minimum absolute atomic E-state index is 0.00583. The maximum atomic E-state index is 12.8. The van der Waals surface area contributed by atoms with Crippen LogP contribution in [0.4, 0.5) is 0 Å². The predicted octanol–water partition coefficient (Wildman–Crippen LogP) is 3.59. The topological polar surface area (TPSA) is 68.1 Å². The average molecular weight is 384 g/mol. The van der Waals surface area contributed by atoms with Crippen molar-refractivity contribution >= 4 is 22.7 Å². The highest BCUT2D eigenvalue weighted by Gasteiger charge is 2.19. The fourth-order valence-corrected chi connectivity index (χ4v) is 3.25. The molecule has 2 aromatic heterocycles.